The van der Waals surface area contributed by atoms with E-state index in [0.29, 0.717) is 18.3 Å². The summed E-state index contributed by atoms with van der Waals surface area (Å²) in [6.07, 6.45) is 4.90. The molecule has 0 saturated heterocycles. The number of fused-ring (bicyclic) bond motifs is 1. The first kappa shape index (κ1) is 22.9. The van der Waals surface area contributed by atoms with Crippen molar-refractivity contribution in [3.05, 3.63) is 95.1 Å². The number of aromatic hydroxyl groups is 1. The average Bonchev–Trinajstić information content (AvgIpc) is 2.85. The molecule has 3 aromatic carbocycles. The molecule has 0 radical (unpaired) electrons. The fourth-order valence-electron chi connectivity index (χ4n) is 5.84. The van der Waals surface area contributed by atoms with E-state index in [1.54, 1.807) is 14.2 Å². The molecule has 178 valence electrons. The van der Waals surface area contributed by atoms with E-state index in [0.717, 1.165) is 37.9 Å². The number of rotatable bonds is 8. The van der Waals surface area contributed by atoms with Gasteiger partial charge in [-0.1, -0.05) is 48.5 Å². The van der Waals surface area contributed by atoms with Crippen LogP contribution in [0.1, 0.15) is 59.8 Å². The quantitative estimate of drug-likeness (QED) is 0.435. The van der Waals surface area contributed by atoms with Crippen molar-refractivity contribution in [1.29, 1.82) is 0 Å². The Morgan fingerprint density at radius 2 is 1.68 bits per heavy atom. The van der Waals surface area contributed by atoms with E-state index in [-0.39, 0.29) is 17.6 Å². The molecule has 2 aliphatic carbocycles. The molecule has 34 heavy (non-hydrogen) atoms. The zero-order chi connectivity index (χ0) is 23.5. The van der Waals surface area contributed by atoms with E-state index < -0.39 is 0 Å². The Morgan fingerprint density at radius 1 is 0.912 bits per heavy atom. The van der Waals surface area contributed by atoms with Gasteiger partial charge in [0.1, 0.15) is 17.6 Å². The molecule has 1 saturated carbocycles. The molecule has 0 unspecified atom stereocenters. The van der Waals surface area contributed by atoms with Crippen LogP contribution in [0.3, 0.4) is 0 Å². The second-order valence-electron chi connectivity index (χ2n) is 9.76. The third-order valence-electron chi connectivity index (χ3n) is 7.75. The van der Waals surface area contributed by atoms with Crippen LogP contribution >= 0.6 is 0 Å². The van der Waals surface area contributed by atoms with Gasteiger partial charge in [-0.2, -0.15) is 0 Å². The smallest absolute Gasteiger partial charge is 0.119 e. The summed E-state index contributed by atoms with van der Waals surface area (Å²) in [6.45, 7) is 0.707. The predicted octanol–water partition coefficient (Wildman–Crippen LogP) is 6.22. The minimum atomic E-state index is -0.110. The number of benzene rings is 3. The highest BCUT2D eigenvalue weighted by atomic mass is 16.5. The molecular weight excluding hydrogens is 424 g/mol. The Kier molecular flexibility index (Phi) is 6.62. The number of phenols is 1. The van der Waals surface area contributed by atoms with Crippen LogP contribution in [0.2, 0.25) is 0 Å². The second kappa shape index (κ2) is 9.81. The average molecular weight is 459 g/mol. The van der Waals surface area contributed by atoms with Gasteiger partial charge in [0, 0.05) is 46.0 Å². The molecule has 3 aromatic rings. The van der Waals surface area contributed by atoms with E-state index in [4.69, 9.17) is 14.2 Å². The summed E-state index contributed by atoms with van der Waals surface area (Å²) in [5.41, 5.74) is 5.11. The van der Waals surface area contributed by atoms with Gasteiger partial charge in [0.2, 0.25) is 0 Å². The Hall–Kier alpha value is -2.82. The first-order valence-corrected chi connectivity index (χ1v) is 12.3. The van der Waals surface area contributed by atoms with Crippen LogP contribution in [-0.2, 0) is 15.9 Å². The number of hydrogen-bond acceptors (Lipinski definition) is 4. The van der Waals surface area contributed by atoms with Crippen LogP contribution in [0.4, 0.5) is 0 Å². The van der Waals surface area contributed by atoms with Crippen molar-refractivity contribution >= 4 is 0 Å². The Morgan fingerprint density at radius 3 is 2.38 bits per heavy atom. The highest BCUT2D eigenvalue weighted by Gasteiger charge is 2.45. The summed E-state index contributed by atoms with van der Waals surface area (Å²) >= 11 is 0. The van der Waals surface area contributed by atoms with Crippen molar-refractivity contribution < 1.29 is 19.3 Å². The van der Waals surface area contributed by atoms with E-state index in [9.17, 15) is 5.11 Å². The summed E-state index contributed by atoms with van der Waals surface area (Å²) in [5.74, 6) is 1.90. The molecule has 0 amide bonds. The molecule has 1 fully saturated rings. The monoisotopic (exact) mass is 458 g/mol. The maximum absolute atomic E-state index is 10.0. The molecule has 0 bridgehead atoms. The minimum absolute atomic E-state index is 0.110. The summed E-state index contributed by atoms with van der Waals surface area (Å²) in [5, 5.41) is 10.0. The number of methoxy groups -OCH3 is 2. The number of ether oxygens (including phenoxy) is 3. The third-order valence-corrected chi connectivity index (χ3v) is 7.75. The maximum Gasteiger partial charge on any atom is 0.119 e. The Labute approximate surface area is 202 Å². The summed E-state index contributed by atoms with van der Waals surface area (Å²) < 4.78 is 17.3. The molecule has 0 aliphatic heterocycles. The van der Waals surface area contributed by atoms with Gasteiger partial charge in [-0.25, -0.2) is 0 Å². The lowest BCUT2D eigenvalue weighted by Crippen LogP contribution is -2.51. The molecule has 4 nitrogen and oxygen atoms in total. The molecule has 5 rings (SSSR count). The number of hydrogen-bond donors (Lipinski definition) is 1. The molecule has 0 aromatic heterocycles. The van der Waals surface area contributed by atoms with Gasteiger partial charge in [0.15, 0.2) is 0 Å². The van der Waals surface area contributed by atoms with Gasteiger partial charge in [0.05, 0.1) is 5.60 Å². The van der Waals surface area contributed by atoms with Gasteiger partial charge >= 0.3 is 0 Å². The van der Waals surface area contributed by atoms with Gasteiger partial charge in [-0.15, -0.1) is 0 Å². The van der Waals surface area contributed by atoms with Crippen LogP contribution in [-0.4, -0.2) is 37.6 Å². The van der Waals surface area contributed by atoms with E-state index >= 15 is 0 Å². The van der Waals surface area contributed by atoms with Crippen LogP contribution in [0.15, 0.2) is 72.8 Å². The van der Waals surface area contributed by atoms with Crippen molar-refractivity contribution in [2.24, 2.45) is 0 Å². The number of phenolic OH excluding ortho intramolecular Hbond substituents is 1. The summed E-state index contributed by atoms with van der Waals surface area (Å²) in [4.78, 5) is 0. The molecule has 0 spiro atoms. The van der Waals surface area contributed by atoms with Crippen LogP contribution in [0.5, 0.6) is 11.5 Å². The predicted molar refractivity (Wildman–Crippen MR) is 134 cm³/mol. The maximum atomic E-state index is 10.0. The molecule has 4 heteroatoms. The van der Waals surface area contributed by atoms with Gasteiger partial charge in [-0.05, 0) is 65.3 Å². The van der Waals surface area contributed by atoms with Crippen molar-refractivity contribution in [2.75, 3.05) is 20.8 Å². The lowest BCUT2D eigenvalue weighted by molar-refractivity contribution is -0.139. The molecule has 1 N–H and O–H groups in total. The molecule has 2 atom stereocenters. The van der Waals surface area contributed by atoms with Crippen molar-refractivity contribution in [2.45, 2.75) is 55.6 Å². The molecule has 0 heterocycles. The first-order chi connectivity index (χ1) is 16.6. The largest absolute Gasteiger partial charge is 0.508 e. The molecule has 2 aliphatic rings. The van der Waals surface area contributed by atoms with Crippen molar-refractivity contribution in [1.82, 2.24) is 0 Å². The summed E-state index contributed by atoms with van der Waals surface area (Å²) in [6, 6.07) is 25.3. The standard InChI is InChI=1S/C30H34O4/c1-32-17-16-30(33-2)19-26(20-30)34-25-12-8-22(9-13-25)29-27(21-6-4-3-5-7-21)14-10-23-18-24(31)11-15-28(23)29/h3-9,11-13,15,18,26-27,29,31H,10,14,16-17,19-20H2,1-2H3/t26?,27-,29+,30?/m1/s1. The van der Waals surface area contributed by atoms with Crippen LogP contribution in [0.25, 0.3) is 0 Å². The van der Waals surface area contributed by atoms with Gasteiger partial charge < -0.3 is 19.3 Å². The normalized spacial score (nSPS) is 25.9. The lowest BCUT2D eigenvalue weighted by atomic mass is 9.69. The number of aryl methyl sites for hydroxylation is 1. The SMILES string of the molecule is COCCC1(OC)CC(Oc2ccc([C@@H]3c4ccc(O)cc4CC[C@@H]3c3ccccc3)cc2)C1. The Bertz CT molecular complexity index is 1090. The van der Waals surface area contributed by atoms with Crippen LogP contribution < -0.4 is 4.74 Å². The highest BCUT2D eigenvalue weighted by Crippen LogP contribution is 2.47. The lowest BCUT2D eigenvalue weighted by Gasteiger charge is -2.46. The fraction of sp³-hybridized carbons (Fsp3) is 0.400. The minimum Gasteiger partial charge on any atom is -0.508 e. The molecular formula is C30H34O4. The topological polar surface area (TPSA) is 47.9 Å². The fourth-order valence-corrected chi connectivity index (χ4v) is 5.84. The van der Waals surface area contributed by atoms with Crippen molar-refractivity contribution in [3.8, 4) is 11.5 Å². The van der Waals surface area contributed by atoms with Crippen molar-refractivity contribution in [3.63, 3.8) is 0 Å². The zero-order valence-corrected chi connectivity index (χ0v) is 20.1. The van der Waals surface area contributed by atoms with Gasteiger partial charge in [0.25, 0.3) is 0 Å². The van der Waals surface area contributed by atoms with E-state index in [1.165, 1.54) is 22.3 Å². The van der Waals surface area contributed by atoms with E-state index in [2.05, 4.69) is 60.7 Å². The summed E-state index contributed by atoms with van der Waals surface area (Å²) in [7, 11) is 3.51. The zero-order valence-electron chi connectivity index (χ0n) is 20.1. The Balaban J connectivity index is 1.36. The van der Waals surface area contributed by atoms with E-state index in [1.807, 2.05) is 12.1 Å². The van der Waals surface area contributed by atoms with Gasteiger partial charge in [-0.3, -0.25) is 0 Å². The second-order valence-corrected chi connectivity index (χ2v) is 9.76. The highest BCUT2D eigenvalue weighted by molar-refractivity contribution is 5.48. The first-order valence-electron chi connectivity index (χ1n) is 12.3. The van der Waals surface area contributed by atoms with Crippen LogP contribution in [0, 0.1) is 0 Å². The third kappa shape index (κ3) is 4.57.